The minimum Gasteiger partial charge on any atom is -0.496 e. The quantitative estimate of drug-likeness (QED) is 0.354. The number of amides is 1. The van der Waals surface area contributed by atoms with E-state index in [1.807, 2.05) is 0 Å². The van der Waals surface area contributed by atoms with Crippen LogP contribution in [0.1, 0.15) is 28.8 Å². The molecule has 0 aromatic heterocycles. The molecule has 1 heterocycles. The standard InChI is InChI=1S/C25H25NO11/c1-33-17-11-20(35-3)19(34-2)8-13(17)9-21-24(30)15-5-4-14(10-18(15)37-21)36-12-22(27)26-16(25(31)32)6-7-23(28)29/h4-5,8-11,16H,6-7,12H2,1-3H3,(H,26,27)(H,28,29)(H,31,32). The normalized spacial score (nSPS) is 13.8. The average molecular weight is 515 g/mol. The fourth-order valence-electron chi connectivity index (χ4n) is 3.47. The number of Topliss-reactive ketones (excluding diaryl/α,β-unsaturated/α-hetero) is 1. The summed E-state index contributed by atoms with van der Waals surface area (Å²) in [6, 6.07) is 6.25. The summed E-state index contributed by atoms with van der Waals surface area (Å²) in [4.78, 5) is 46.9. The van der Waals surface area contributed by atoms with E-state index in [1.165, 1.54) is 45.6 Å². The van der Waals surface area contributed by atoms with E-state index in [9.17, 15) is 19.2 Å². The summed E-state index contributed by atoms with van der Waals surface area (Å²) in [5, 5.41) is 20.1. The van der Waals surface area contributed by atoms with Gasteiger partial charge in [0.05, 0.1) is 26.9 Å². The predicted molar refractivity (Wildman–Crippen MR) is 127 cm³/mol. The van der Waals surface area contributed by atoms with Gasteiger partial charge in [0.25, 0.3) is 5.91 Å². The third-order valence-corrected chi connectivity index (χ3v) is 5.31. The van der Waals surface area contributed by atoms with Crippen LogP contribution in [0.25, 0.3) is 6.08 Å². The number of hydrogen-bond donors (Lipinski definition) is 3. The van der Waals surface area contributed by atoms with Gasteiger partial charge in [0.2, 0.25) is 5.78 Å². The predicted octanol–water partition coefficient (Wildman–Crippen LogP) is 2.14. The van der Waals surface area contributed by atoms with Crippen molar-refractivity contribution in [3.05, 3.63) is 47.2 Å². The van der Waals surface area contributed by atoms with Gasteiger partial charge in [-0.25, -0.2) is 4.79 Å². The lowest BCUT2D eigenvalue weighted by Gasteiger charge is -2.14. The molecule has 12 nitrogen and oxygen atoms in total. The van der Waals surface area contributed by atoms with Crippen LogP contribution in [0.4, 0.5) is 0 Å². The number of fused-ring (bicyclic) bond motifs is 1. The molecule has 2 aromatic rings. The highest BCUT2D eigenvalue weighted by Gasteiger charge is 2.29. The summed E-state index contributed by atoms with van der Waals surface area (Å²) in [5.74, 6) is -1.93. The minimum absolute atomic E-state index is 0.0261. The van der Waals surface area contributed by atoms with E-state index < -0.39 is 36.9 Å². The summed E-state index contributed by atoms with van der Waals surface area (Å²) in [5.41, 5.74) is 0.794. The van der Waals surface area contributed by atoms with E-state index in [2.05, 4.69) is 5.32 Å². The molecule has 1 aliphatic rings. The molecular weight excluding hydrogens is 490 g/mol. The number of hydrogen-bond acceptors (Lipinski definition) is 9. The summed E-state index contributed by atoms with van der Waals surface area (Å²) in [6.45, 7) is -0.533. The highest BCUT2D eigenvalue weighted by atomic mass is 16.5. The third kappa shape index (κ3) is 6.48. The second-order valence-corrected chi connectivity index (χ2v) is 7.73. The lowest BCUT2D eigenvalue weighted by atomic mass is 10.1. The molecule has 1 atom stereocenters. The Morgan fingerprint density at radius 1 is 1.00 bits per heavy atom. The smallest absolute Gasteiger partial charge is 0.326 e. The summed E-state index contributed by atoms with van der Waals surface area (Å²) in [6.07, 6.45) is 0.810. The zero-order valence-corrected chi connectivity index (χ0v) is 20.2. The number of aliphatic carboxylic acids is 2. The molecule has 37 heavy (non-hydrogen) atoms. The first-order valence-electron chi connectivity index (χ1n) is 10.9. The molecule has 0 bridgehead atoms. The van der Waals surface area contributed by atoms with Crippen LogP contribution >= 0.6 is 0 Å². The van der Waals surface area contributed by atoms with Crippen LogP contribution in [0.5, 0.6) is 28.7 Å². The van der Waals surface area contributed by atoms with E-state index in [0.29, 0.717) is 22.8 Å². The van der Waals surface area contributed by atoms with Crippen LogP contribution in [0.2, 0.25) is 0 Å². The summed E-state index contributed by atoms with van der Waals surface area (Å²) < 4.78 is 27.1. The van der Waals surface area contributed by atoms with E-state index >= 15 is 0 Å². The molecule has 1 unspecified atom stereocenters. The first-order valence-corrected chi connectivity index (χ1v) is 10.9. The first kappa shape index (κ1) is 26.9. The van der Waals surface area contributed by atoms with Gasteiger partial charge in [0.1, 0.15) is 23.3 Å². The van der Waals surface area contributed by atoms with Crippen LogP contribution < -0.4 is 29.0 Å². The molecule has 1 amide bonds. The monoisotopic (exact) mass is 515 g/mol. The minimum atomic E-state index is -1.37. The van der Waals surface area contributed by atoms with Crippen LogP contribution in [0.15, 0.2) is 36.1 Å². The molecule has 1 aliphatic heterocycles. The maximum atomic E-state index is 12.9. The van der Waals surface area contributed by atoms with Crippen molar-refractivity contribution < 1.29 is 53.1 Å². The number of carbonyl (C=O) groups excluding carboxylic acids is 2. The molecule has 0 aliphatic carbocycles. The number of ether oxygens (including phenoxy) is 5. The van der Waals surface area contributed by atoms with Gasteiger partial charge in [0.15, 0.2) is 23.9 Å². The number of nitrogens with one attached hydrogen (secondary N) is 1. The van der Waals surface area contributed by atoms with E-state index in [4.69, 9.17) is 33.9 Å². The highest BCUT2D eigenvalue weighted by Crippen LogP contribution is 2.39. The van der Waals surface area contributed by atoms with Gasteiger partial charge in [-0.15, -0.1) is 0 Å². The Morgan fingerprint density at radius 2 is 1.68 bits per heavy atom. The van der Waals surface area contributed by atoms with Crippen LogP contribution in [0, 0.1) is 0 Å². The second kappa shape index (κ2) is 11.8. The maximum absolute atomic E-state index is 12.9. The number of carbonyl (C=O) groups is 4. The zero-order valence-electron chi connectivity index (χ0n) is 20.2. The molecule has 12 heteroatoms. The lowest BCUT2D eigenvalue weighted by Crippen LogP contribution is -2.43. The van der Waals surface area contributed by atoms with Gasteiger partial charge >= 0.3 is 11.9 Å². The lowest BCUT2D eigenvalue weighted by molar-refractivity contribution is -0.143. The second-order valence-electron chi connectivity index (χ2n) is 7.73. The Hall–Kier alpha value is -4.74. The van der Waals surface area contributed by atoms with Gasteiger partial charge in [0, 0.05) is 24.1 Å². The molecule has 2 aromatic carbocycles. The van der Waals surface area contributed by atoms with Crippen molar-refractivity contribution in [3.8, 4) is 28.7 Å². The fraction of sp³-hybridized carbons (Fsp3) is 0.280. The third-order valence-electron chi connectivity index (χ3n) is 5.31. The SMILES string of the molecule is COc1cc(OC)c(OC)cc1C=C1Oc2cc(OCC(=O)NC(CCC(=O)O)C(=O)O)ccc2C1=O. The zero-order chi connectivity index (χ0) is 27.1. The molecule has 0 saturated carbocycles. The summed E-state index contributed by atoms with van der Waals surface area (Å²) >= 11 is 0. The topological polar surface area (TPSA) is 167 Å². The number of methoxy groups -OCH3 is 3. The van der Waals surface area contributed by atoms with E-state index in [1.54, 1.807) is 12.1 Å². The number of carboxylic acid groups (broad SMARTS) is 2. The molecule has 196 valence electrons. The highest BCUT2D eigenvalue weighted by molar-refractivity contribution is 6.14. The van der Waals surface area contributed by atoms with Crippen molar-refractivity contribution in [2.45, 2.75) is 18.9 Å². The van der Waals surface area contributed by atoms with Gasteiger partial charge in [-0.3, -0.25) is 14.4 Å². The number of benzene rings is 2. The van der Waals surface area contributed by atoms with Gasteiger partial charge in [-0.2, -0.15) is 0 Å². The number of allylic oxidation sites excluding steroid dienone is 1. The van der Waals surface area contributed by atoms with Crippen molar-refractivity contribution in [3.63, 3.8) is 0 Å². The Bertz CT molecular complexity index is 1250. The summed E-state index contributed by atoms with van der Waals surface area (Å²) in [7, 11) is 4.44. The Kier molecular flexibility index (Phi) is 8.56. The number of rotatable bonds is 12. The molecule has 3 N–H and O–H groups in total. The van der Waals surface area contributed by atoms with Crippen molar-refractivity contribution in [1.82, 2.24) is 5.32 Å². The van der Waals surface area contributed by atoms with Crippen molar-refractivity contribution in [1.29, 1.82) is 0 Å². The first-order chi connectivity index (χ1) is 17.7. The largest absolute Gasteiger partial charge is 0.496 e. The molecule has 3 rings (SSSR count). The maximum Gasteiger partial charge on any atom is 0.326 e. The van der Waals surface area contributed by atoms with Crippen LogP contribution in [-0.2, 0) is 14.4 Å². The Labute approximate surface area is 211 Å². The van der Waals surface area contributed by atoms with Gasteiger partial charge in [-0.05, 0) is 30.7 Å². The Morgan fingerprint density at radius 3 is 2.30 bits per heavy atom. The molecule has 0 fully saturated rings. The van der Waals surface area contributed by atoms with Crippen molar-refractivity contribution >= 4 is 29.7 Å². The van der Waals surface area contributed by atoms with E-state index in [-0.39, 0.29) is 35.0 Å². The average Bonchev–Trinajstić information content (AvgIpc) is 3.18. The number of carboxylic acids is 2. The van der Waals surface area contributed by atoms with Crippen LogP contribution in [-0.4, -0.2) is 67.8 Å². The molecule has 0 saturated heterocycles. The molecule has 0 spiro atoms. The number of ketones is 1. The van der Waals surface area contributed by atoms with Gasteiger partial charge in [-0.1, -0.05) is 0 Å². The fourth-order valence-corrected chi connectivity index (χ4v) is 3.47. The van der Waals surface area contributed by atoms with E-state index in [0.717, 1.165) is 0 Å². The van der Waals surface area contributed by atoms with Crippen molar-refractivity contribution in [2.75, 3.05) is 27.9 Å². The van der Waals surface area contributed by atoms with Crippen LogP contribution in [0.3, 0.4) is 0 Å². The van der Waals surface area contributed by atoms with Gasteiger partial charge < -0.3 is 39.2 Å². The Balaban J connectivity index is 1.71. The molecule has 0 radical (unpaired) electrons. The van der Waals surface area contributed by atoms with Crippen molar-refractivity contribution in [2.24, 2.45) is 0 Å². The molecular formula is C25H25NO11.